The molecule has 0 aliphatic carbocycles. The average molecular weight is 417 g/mol. The normalized spacial score (nSPS) is 17.7. The largest absolute Gasteiger partial charge is 0.416 e. The molecule has 4 nitrogen and oxygen atoms in total. The third-order valence-corrected chi connectivity index (χ3v) is 5.98. The third kappa shape index (κ3) is 3.96. The molecule has 1 N–H and O–H groups in total. The standard InChI is InChI=1S/C23H26F3N3O/c1-16(2)29-20-6-4-3-5-19(20)27-21(29)15-28-13-11-22(30,12-14-28)17-7-9-18(10-8-17)23(24,25)26/h3-10,16,30H,11-15H2,1-2H3. The number of hydrogen-bond acceptors (Lipinski definition) is 3. The van der Waals surface area contributed by atoms with Crippen LogP contribution >= 0.6 is 0 Å². The summed E-state index contributed by atoms with van der Waals surface area (Å²) < 4.78 is 40.7. The quantitative estimate of drug-likeness (QED) is 0.641. The van der Waals surface area contributed by atoms with Crippen molar-refractivity contribution in [3.8, 4) is 0 Å². The number of fused-ring (bicyclic) bond motifs is 1. The Bertz CT molecular complexity index is 1020. The first kappa shape index (κ1) is 20.9. The first-order chi connectivity index (χ1) is 14.2. The zero-order chi connectivity index (χ0) is 21.5. The van der Waals surface area contributed by atoms with Gasteiger partial charge in [-0.15, -0.1) is 0 Å². The van der Waals surface area contributed by atoms with Crippen LogP contribution in [-0.4, -0.2) is 32.6 Å². The summed E-state index contributed by atoms with van der Waals surface area (Å²) >= 11 is 0. The molecule has 4 rings (SSSR count). The van der Waals surface area contributed by atoms with Crippen LogP contribution in [0.3, 0.4) is 0 Å². The molecule has 1 fully saturated rings. The number of piperidine rings is 1. The lowest BCUT2D eigenvalue weighted by molar-refractivity contribution is -0.137. The van der Waals surface area contributed by atoms with Crippen molar-refractivity contribution in [2.75, 3.05) is 13.1 Å². The van der Waals surface area contributed by atoms with Crippen LogP contribution in [0.25, 0.3) is 11.0 Å². The van der Waals surface area contributed by atoms with Crippen LogP contribution < -0.4 is 0 Å². The van der Waals surface area contributed by atoms with Gasteiger partial charge in [-0.25, -0.2) is 4.98 Å². The van der Waals surface area contributed by atoms with Gasteiger partial charge in [-0.3, -0.25) is 4.90 Å². The van der Waals surface area contributed by atoms with Crippen LogP contribution in [0.4, 0.5) is 13.2 Å². The molecule has 2 aromatic carbocycles. The van der Waals surface area contributed by atoms with E-state index in [2.05, 4.69) is 29.4 Å². The van der Waals surface area contributed by atoms with E-state index in [0.29, 0.717) is 38.0 Å². The van der Waals surface area contributed by atoms with Crippen molar-refractivity contribution >= 4 is 11.0 Å². The van der Waals surface area contributed by atoms with E-state index in [1.807, 2.05) is 18.2 Å². The molecule has 0 radical (unpaired) electrons. The first-order valence-corrected chi connectivity index (χ1v) is 10.3. The van der Waals surface area contributed by atoms with Gasteiger partial charge in [0.1, 0.15) is 5.82 Å². The minimum Gasteiger partial charge on any atom is -0.385 e. The number of para-hydroxylation sites is 2. The van der Waals surface area contributed by atoms with Crippen molar-refractivity contribution in [2.24, 2.45) is 0 Å². The van der Waals surface area contributed by atoms with Crippen LogP contribution in [0, 0.1) is 0 Å². The van der Waals surface area contributed by atoms with Crippen LogP contribution in [0.15, 0.2) is 48.5 Å². The molecule has 2 heterocycles. The van der Waals surface area contributed by atoms with Crippen molar-refractivity contribution in [3.05, 3.63) is 65.5 Å². The molecule has 1 aromatic heterocycles. The maximum absolute atomic E-state index is 12.8. The maximum Gasteiger partial charge on any atom is 0.416 e. The molecule has 0 saturated carbocycles. The van der Waals surface area contributed by atoms with E-state index >= 15 is 0 Å². The molecular weight excluding hydrogens is 391 g/mol. The molecule has 160 valence electrons. The molecule has 30 heavy (non-hydrogen) atoms. The smallest absolute Gasteiger partial charge is 0.385 e. The fraction of sp³-hybridized carbons (Fsp3) is 0.435. The van der Waals surface area contributed by atoms with Gasteiger partial charge in [-0.2, -0.15) is 13.2 Å². The number of halogens is 3. The monoisotopic (exact) mass is 417 g/mol. The van der Waals surface area contributed by atoms with Crippen molar-refractivity contribution in [1.82, 2.24) is 14.5 Å². The molecule has 0 atom stereocenters. The third-order valence-electron chi connectivity index (χ3n) is 5.98. The van der Waals surface area contributed by atoms with Gasteiger partial charge in [0.05, 0.1) is 28.7 Å². The number of nitrogens with zero attached hydrogens (tertiary/aromatic N) is 3. The summed E-state index contributed by atoms with van der Waals surface area (Å²) in [6.07, 6.45) is -3.42. The molecule has 1 saturated heterocycles. The highest BCUT2D eigenvalue weighted by atomic mass is 19.4. The Labute approximate surface area is 174 Å². The van der Waals surface area contributed by atoms with Gasteiger partial charge in [0.15, 0.2) is 0 Å². The van der Waals surface area contributed by atoms with Crippen LogP contribution in [0.5, 0.6) is 0 Å². The maximum atomic E-state index is 12.8. The lowest BCUT2D eigenvalue weighted by Crippen LogP contribution is -2.42. The van der Waals surface area contributed by atoms with Gasteiger partial charge >= 0.3 is 6.18 Å². The highest BCUT2D eigenvalue weighted by Crippen LogP contribution is 2.36. The summed E-state index contributed by atoms with van der Waals surface area (Å²) in [5.41, 5.74) is 0.836. The van der Waals surface area contributed by atoms with Gasteiger partial charge in [0.25, 0.3) is 0 Å². The number of rotatable bonds is 4. The topological polar surface area (TPSA) is 41.3 Å². The molecule has 1 aliphatic rings. The van der Waals surface area contributed by atoms with Gasteiger partial charge in [0, 0.05) is 19.1 Å². The van der Waals surface area contributed by atoms with Crippen molar-refractivity contribution in [1.29, 1.82) is 0 Å². The van der Waals surface area contributed by atoms with Gasteiger partial charge < -0.3 is 9.67 Å². The lowest BCUT2D eigenvalue weighted by atomic mass is 9.84. The summed E-state index contributed by atoms with van der Waals surface area (Å²) in [6, 6.07) is 13.2. The van der Waals surface area contributed by atoms with Gasteiger partial charge in [-0.05, 0) is 56.5 Å². The Kier molecular flexibility index (Phi) is 5.36. The second-order valence-electron chi connectivity index (χ2n) is 8.36. The van der Waals surface area contributed by atoms with Gasteiger partial charge in [-0.1, -0.05) is 24.3 Å². The van der Waals surface area contributed by atoms with E-state index in [0.717, 1.165) is 29.0 Å². The molecule has 7 heteroatoms. The van der Waals surface area contributed by atoms with Gasteiger partial charge in [0.2, 0.25) is 0 Å². The molecule has 0 spiro atoms. The second kappa shape index (κ2) is 7.71. The summed E-state index contributed by atoms with van der Waals surface area (Å²) in [5.74, 6) is 0.992. The molecule has 0 amide bonds. The lowest BCUT2D eigenvalue weighted by Gasteiger charge is -2.38. The van der Waals surface area contributed by atoms with E-state index < -0.39 is 17.3 Å². The van der Waals surface area contributed by atoms with E-state index in [9.17, 15) is 18.3 Å². The first-order valence-electron chi connectivity index (χ1n) is 10.3. The van der Waals surface area contributed by atoms with Crippen molar-refractivity contribution in [2.45, 2.75) is 51.1 Å². The molecule has 1 aliphatic heterocycles. The molecule has 0 unspecified atom stereocenters. The van der Waals surface area contributed by atoms with Crippen molar-refractivity contribution < 1.29 is 18.3 Å². The van der Waals surface area contributed by atoms with E-state index in [1.54, 1.807) is 0 Å². The Morgan fingerprint density at radius 3 is 2.27 bits per heavy atom. The highest BCUT2D eigenvalue weighted by molar-refractivity contribution is 5.76. The van der Waals surface area contributed by atoms with Crippen molar-refractivity contribution in [3.63, 3.8) is 0 Å². The number of aliphatic hydroxyl groups is 1. The minimum absolute atomic E-state index is 0.279. The fourth-order valence-electron chi connectivity index (χ4n) is 4.32. The van der Waals surface area contributed by atoms with E-state index in [-0.39, 0.29) is 6.04 Å². The number of imidazole rings is 1. The zero-order valence-electron chi connectivity index (χ0n) is 17.2. The molecular formula is C23H26F3N3O. The number of hydrogen-bond donors (Lipinski definition) is 1. The van der Waals surface area contributed by atoms with Crippen LogP contribution in [0.1, 0.15) is 49.7 Å². The number of likely N-dealkylation sites (tertiary alicyclic amines) is 1. The predicted molar refractivity (Wildman–Crippen MR) is 110 cm³/mol. The number of alkyl halides is 3. The SMILES string of the molecule is CC(C)n1c(CN2CCC(O)(c3ccc(C(F)(F)F)cc3)CC2)nc2ccccc21. The second-order valence-corrected chi connectivity index (χ2v) is 8.36. The molecule has 3 aromatic rings. The van der Waals surface area contributed by atoms with Crippen LogP contribution in [-0.2, 0) is 18.3 Å². The predicted octanol–water partition coefficient (Wildman–Crippen LogP) is 5.12. The zero-order valence-corrected chi connectivity index (χ0v) is 17.2. The number of aromatic nitrogens is 2. The Balaban J connectivity index is 1.47. The summed E-state index contributed by atoms with van der Waals surface area (Å²) in [4.78, 5) is 7.06. The summed E-state index contributed by atoms with van der Waals surface area (Å²) in [7, 11) is 0. The highest BCUT2D eigenvalue weighted by Gasteiger charge is 2.36. The average Bonchev–Trinajstić information content (AvgIpc) is 3.07. The fourth-order valence-corrected chi connectivity index (χ4v) is 4.32. The Hall–Kier alpha value is -2.38. The van der Waals surface area contributed by atoms with Crippen LogP contribution in [0.2, 0.25) is 0 Å². The number of benzene rings is 2. The van der Waals surface area contributed by atoms with E-state index in [4.69, 9.17) is 4.98 Å². The Morgan fingerprint density at radius 2 is 1.67 bits per heavy atom. The minimum atomic E-state index is -4.37. The summed E-state index contributed by atoms with van der Waals surface area (Å²) in [6.45, 7) is 6.25. The summed E-state index contributed by atoms with van der Waals surface area (Å²) in [5, 5.41) is 11.0. The van der Waals surface area contributed by atoms with E-state index in [1.165, 1.54) is 12.1 Å². The molecule has 0 bridgehead atoms. The Morgan fingerprint density at radius 1 is 1.03 bits per heavy atom.